The van der Waals surface area contributed by atoms with Crippen molar-refractivity contribution in [3.05, 3.63) is 24.2 Å². The van der Waals surface area contributed by atoms with E-state index in [1.165, 1.54) is 0 Å². The lowest BCUT2D eigenvalue weighted by molar-refractivity contribution is -0.136. The first-order valence-electron chi connectivity index (χ1n) is 6.19. The lowest BCUT2D eigenvalue weighted by atomic mass is 9.85. The number of amides is 1. The molecule has 4 nitrogen and oxygen atoms in total. The third-order valence-corrected chi connectivity index (χ3v) is 3.41. The largest absolute Gasteiger partial charge is 0.467 e. The van der Waals surface area contributed by atoms with Gasteiger partial charge >= 0.3 is 0 Å². The number of halogens is 1. The molecule has 1 aliphatic carbocycles. The number of carbonyl (C=O) groups is 1. The Morgan fingerprint density at radius 1 is 1.56 bits per heavy atom. The number of hydrogen-bond donors (Lipinski definition) is 1. The van der Waals surface area contributed by atoms with Crippen molar-refractivity contribution in [1.82, 2.24) is 4.90 Å². The molecule has 2 atom stereocenters. The Hall–Kier alpha value is -1.00. The van der Waals surface area contributed by atoms with Crippen molar-refractivity contribution in [2.24, 2.45) is 11.7 Å². The summed E-state index contributed by atoms with van der Waals surface area (Å²) in [5.41, 5.74) is 5.91. The predicted molar refractivity (Wildman–Crippen MR) is 72.4 cm³/mol. The van der Waals surface area contributed by atoms with Crippen molar-refractivity contribution < 1.29 is 9.21 Å². The highest BCUT2D eigenvalue weighted by Gasteiger charge is 2.27. The van der Waals surface area contributed by atoms with Gasteiger partial charge in [-0.05, 0) is 31.4 Å². The van der Waals surface area contributed by atoms with Gasteiger partial charge in [0.05, 0.1) is 12.8 Å². The molecule has 0 aliphatic heterocycles. The van der Waals surface area contributed by atoms with Crippen LogP contribution < -0.4 is 5.73 Å². The fourth-order valence-corrected chi connectivity index (χ4v) is 2.48. The molecule has 2 rings (SSSR count). The molecule has 0 spiro atoms. The van der Waals surface area contributed by atoms with E-state index in [0.29, 0.717) is 6.54 Å². The number of nitrogens with zero attached hydrogens (tertiary/aromatic N) is 1. The van der Waals surface area contributed by atoms with Crippen LogP contribution in [0.1, 0.15) is 31.4 Å². The van der Waals surface area contributed by atoms with Gasteiger partial charge < -0.3 is 15.1 Å². The molecule has 1 amide bonds. The smallest absolute Gasteiger partial charge is 0.225 e. The molecule has 1 aromatic rings. The van der Waals surface area contributed by atoms with Crippen LogP contribution in [-0.2, 0) is 11.3 Å². The maximum Gasteiger partial charge on any atom is 0.225 e. The zero-order chi connectivity index (χ0) is 12.3. The van der Waals surface area contributed by atoms with Crippen molar-refractivity contribution in [3.8, 4) is 0 Å². The number of furan rings is 1. The average molecular weight is 273 g/mol. The third kappa shape index (κ3) is 3.75. The van der Waals surface area contributed by atoms with Gasteiger partial charge in [-0.2, -0.15) is 0 Å². The summed E-state index contributed by atoms with van der Waals surface area (Å²) in [7, 11) is 1.82. The highest BCUT2D eigenvalue weighted by Crippen LogP contribution is 2.25. The predicted octanol–water partition coefficient (Wildman–Crippen LogP) is 2.18. The maximum atomic E-state index is 12.2. The molecule has 0 bridgehead atoms. The number of nitrogens with two attached hydrogens (primary N) is 1. The summed E-state index contributed by atoms with van der Waals surface area (Å²) >= 11 is 0. The van der Waals surface area contributed by atoms with Crippen LogP contribution in [0.4, 0.5) is 0 Å². The molecule has 2 N–H and O–H groups in total. The van der Waals surface area contributed by atoms with Gasteiger partial charge in [-0.3, -0.25) is 4.79 Å². The molecule has 1 aliphatic rings. The van der Waals surface area contributed by atoms with Crippen molar-refractivity contribution in [3.63, 3.8) is 0 Å². The molecular weight excluding hydrogens is 252 g/mol. The van der Waals surface area contributed by atoms with E-state index in [1.54, 1.807) is 11.2 Å². The molecule has 1 heterocycles. The lowest BCUT2D eigenvalue weighted by Gasteiger charge is -2.29. The third-order valence-electron chi connectivity index (χ3n) is 3.41. The topological polar surface area (TPSA) is 59.5 Å². The van der Waals surface area contributed by atoms with E-state index in [0.717, 1.165) is 31.4 Å². The van der Waals surface area contributed by atoms with Crippen molar-refractivity contribution in [2.75, 3.05) is 7.05 Å². The van der Waals surface area contributed by atoms with Crippen LogP contribution in [-0.4, -0.2) is 23.9 Å². The summed E-state index contributed by atoms with van der Waals surface area (Å²) in [4.78, 5) is 13.9. The molecule has 2 unspecified atom stereocenters. The Bertz CT molecular complexity index is 367. The van der Waals surface area contributed by atoms with Gasteiger partial charge in [-0.1, -0.05) is 6.42 Å². The summed E-state index contributed by atoms with van der Waals surface area (Å²) in [6.45, 7) is 0.539. The lowest BCUT2D eigenvalue weighted by Crippen LogP contribution is -2.38. The van der Waals surface area contributed by atoms with Crippen molar-refractivity contribution >= 4 is 18.3 Å². The summed E-state index contributed by atoms with van der Waals surface area (Å²) in [6.07, 6.45) is 5.53. The van der Waals surface area contributed by atoms with Gasteiger partial charge in [0.2, 0.25) is 5.91 Å². The molecule has 18 heavy (non-hydrogen) atoms. The second kappa shape index (κ2) is 6.81. The Morgan fingerprint density at radius 2 is 2.33 bits per heavy atom. The van der Waals surface area contributed by atoms with Crippen molar-refractivity contribution in [1.29, 1.82) is 0 Å². The van der Waals surface area contributed by atoms with E-state index in [9.17, 15) is 4.79 Å². The minimum absolute atomic E-state index is 0. The minimum Gasteiger partial charge on any atom is -0.467 e. The molecule has 5 heteroatoms. The number of hydrogen-bond acceptors (Lipinski definition) is 3. The molecule has 1 saturated carbocycles. The van der Waals surface area contributed by atoms with Crippen molar-refractivity contribution in [2.45, 2.75) is 38.3 Å². The number of rotatable bonds is 3. The highest BCUT2D eigenvalue weighted by molar-refractivity contribution is 5.85. The van der Waals surface area contributed by atoms with Crippen LogP contribution in [0.25, 0.3) is 0 Å². The van der Waals surface area contributed by atoms with Crippen LogP contribution in [0.15, 0.2) is 22.8 Å². The first-order valence-corrected chi connectivity index (χ1v) is 6.19. The Kier molecular flexibility index (Phi) is 5.69. The van der Waals surface area contributed by atoms with E-state index < -0.39 is 0 Å². The second-order valence-electron chi connectivity index (χ2n) is 4.90. The summed E-state index contributed by atoms with van der Waals surface area (Å²) < 4.78 is 5.24. The van der Waals surface area contributed by atoms with Gasteiger partial charge in [0.25, 0.3) is 0 Å². The molecule has 1 aromatic heterocycles. The SMILES string of the molecule is CN(Cc1ccco1)C(=O)C1CCCC(N)C1.Cl. The van der Waals surface area contributed by atoms with Gasteiger partial charge in [0.1, 0.15) is 5.76 Å². The first-order chi connectivity index (χ1) is 8.16. The van der Waals surface area contributed by atoms with Crippen LogP contribution in [0, 0.1) is 5.92 Å². The van der Waals surface area contributed by atoms with Crippen LogP contribution in [0.2, 0.25) is 0 Å². The van der Waals surface area contributed by atoms with E-state index in [4.69, 9.17) is 10.2 Å². The highest BCUT2D eigenvalue weighted by atomic mass is 35.5. The van der Waals surface area contributed by atoms with E-state index in [1.807, 2.05) is 19.2 Å². The fraction of sp³-hybridized carbons (Fsp3) is 0.615. The summed E-state index contributed by atoms with van der Waals surface area (Å²) in [5.74, 6) is 1.11. The van der Waals surface area contributed by atoms with Gasteiger partial charge in [0.15, 0.2) is 0 Å². The summed E-state index contributed by atoms with van der Waals surface area (Å²) in [5, 5.41) is 0. The van der Waals surface area contributed by atoms with Gasteiger partial charge in [0, 0.05) is 19.0 Å². The zero-order valence-electron chi connectivity index (χ0n) is 10.7. The van der Waals surface area contributed by atoms with Gasteiger partial charge in [-0.15, -0.1) is 12.4 Å². The van der Waals surface area contributed by atoms with E-state index in [-0.39, 0.29) is 30.3 Å². The van der Waals surface area contributed by atoms with Crippen LogP contribution in [0.5, 0.6) is 0 Å². The average Bonchev–Trinajstić information content (AvgIpc) is 2.80. The van der Waals surface area contributed by atoms with Gasteiger partial charge in [-0.25, -0.2) is 0 Å². The van der Waals surface area contributed by atoms with E-state index >= 15 is 0 Å². The minimum atomic E-state index is 0. The van der Waals surface area contributed by atoms with E-state index in [2.05, 4.69) is 0 Å². The molecule has 1 fully saturated rings. The summed E-state index contributed by atoms with van der Waals surface area (Å²) in [6, 6.07) is 3.91. The monoisotopic (exact) mass is 272 g/mol. The number of carbonyl (C=O) groups excluding carboxylic acids is 1. The Labute approximate surface area is 114 Å². The first kappa shape index (κ1) is 15.1. The maximum absolute atomic E-state index is 12.2. The van der Waals surface area contributed by atoms with Crippen LogP contribution in [0.3, 0.4) is 0 Å². The normalized spacial score (nSPS) is 23.2. The van der Waals surface area contributed by atoms with Crippen LogP contribution >= 0.6 is 12.4 Å². The molecular formula is C13H21ClN2O2. The molecule has 0 aromatic carbocycles. The molecule has 0 saturated heterocycles. The second-order valence-corrected chi connectivity index (χ2v) is 4.90. The quantitative estimate of drug-likeness (QED) is 0.917. The Morgan fingerprint density at radius 3 is 2.94 bits per heavy atom. The zero-order valence-corrected chi connectivity index (χ0v) is 11.5. The Balaban J connectivity index is 0.00000162. The molecule has 0 radical (unpaired) electrons. The fourth-order valence-electron chi connectivity index (χ4n) is 2.48. The molecule has 102 valence electrons. The standard InChI is InChI=1S/C13H20N2O2.ClH/c1-15(9-12-6-3-7-17-12)13(16)10-4-2-5-11(14)8-10;/h3,6-7,10-11H,2,4-5,8-9,14H2,1H3;1H.